The van der Waals surface area contributed by atoms with Gasteiger partial charge >= 0.3 is 0 Å². The van der Waals surface area contributed by atoms with Gasteiger partial charge in [-0.2, -0.15) is 0 Å². The van der Waals surface area contributed by atoms with Crippen LogP contribution in [0.25, 0.3) is 20.8 Å². The molecule has 5 aromatic rings. The van der Waals surface area contributed by atoms with Crippen molar-refractivity contribution in [2.24, 2.45) is 0 Å². The summed E-state index contributed by atoms with van der Waals surface area (Å²) in [6.45, 7) is 2.70. The van der Waals surface area contributed by atoms with Crippen molar-refractivity contribution in [1.82, 2.24) is 9.88 Å². The summed E-state index contributed by atoms with van der Waals surface area (Å²) >= 11 is 16.9. The Hall–Kier alpha value is -2.26. The van der Waals surface area contributed by atoms with E-state index in [1.165, 1.54) is 27.3 Å². The number of anilines is 1. The molecule has 35 heavy (non-hydrogen) atoms. The number of thiophene rings is 2. The van der Waals surface area contributed by atoms with E-state index in [2.05, 4.69) is 40.5 Å². The van der Waals surface area contributed by atoms with Crippen LogP contribution in [0.5, 0.6) is 0 Å². The number of carbonyl (C=O) groups excluding carboxylic acids is 1. The Labute approximate surface area is 224 Å². The molecular formula is C26H19Cl2N3OS3. The van der Waals surface area contributed by atoms with E-state index in [0.717, 1.165) is 51.8 Å². The molecule has 1 N–H and O–H groups in total. The van der Waals surface area contributed by atoms with Crippen LogP contribution in [0.3, 0.4) is 0 Å². The molecule has 0 bridgehead atoms. The second kappa shape index (κ2) is 9.65. The highest BCUT2D eigenvalue weighted by Crippen LogP contribution is 2.46. The number of hydrogen-bond acceptors (Lipinski definition) is 6. The largest absolute Gasteiger partial charge is 0.313 e. The zero-order chi connectivity index (χ0) is 23.9. The van der Waals surface area contributed by atoms with Crippen molar-refractivity contribution in [3.63, 3.8) is 0 Å². The van der Waals surface area contributed by atoms with Crippen LogP contribution in [0.2, 0.25) is 8.67 Å². The van der Waals surface area contributed by atoms with Crippen LogP contribution >= 0.6 is 57.2 Å². The van der Waals surface area contributed by atoms with E-state index in [0.29, 0.717) is 14.2 Å². The SMILES string of the molecule is O=C(Nc1sc2c(c1-c1nc3ccccc3s1)CCN(Cc1ccccc1)C2)c1cc(Cl)sc1Cl. The molecule has 6 rings (SSSR count). The van der Waals surface area contributed by atoms with Gasteiger partial charge in [0, 0.05) is 30.1 Å². The topological polar surface area (TPSA) is 45.2 Å². The average molecular weight is 557 g/mol. The lowest BCUT2D eigenvalue weighted by molar-refractivity contribution is 0.102. The third-order valence-corrected chi connectivity index (χ3v) is 9.69. The second-order valence-electron chi connectivity index (χ2n) is 8.33. The van der Waals surface area contributed by atoms with Crippen molar-refractivity contribution in [3.8, 4) is 10.6 Å². The van der Waals surface area contributed by atoms with Gasteiger partial charge in [-0.05, 0) is 35.7 Å². The van der Waals surface area contributed by atoms with Crippen molar-refractivity contribution in [3.05, 3.63) is 90.9 Å². The van der Waals surface area contributed by atoms with Crippen LogP contribution in [0, 0.1) is 0 Å². The zero-order valence-corrected chi connectivity index (χ0v) is 22.3. The van der Waals surface area contributed by atoms with Crippen molar-refractivity contribution in [1.29, 1.82) is 0 Å². The van der Waals surface area contributed by atoms with Gasteiger partial charge in [-0.3, -0.25) is 9.69 Å². The van der Waals surface area contributed by atoms with Crippen LogP contribution in [0.15, 0.2) is 60.7 Å². The minimum Gasteiger partial charge on any atom is -0.313 e. The lowest BCUT2D eigenvalue weighted by Gasteiger charge is -2.27. The van der Waals surface area contributed by atoms with Crippen LogP contribution in [0.4, 0.5) is 5.00 Å². The maximum absolute atomic E-state index is 13.2. The molecule has 9 heteroatoms. The summed E-state index contributed by atoms with van der Waals surface area (Å²) in [6.07, 6.45) is 0.908. The predicted octanol–water partition coefficient (Wildman–Crippen LogP) is 8.20. The number of thiazole rings is 1. The molecule has 1 aliphatic heterocycles. The summed E-state index contributed by atoms with van der Waals surface area (Å²) < 4.78 is 2.02. The molecule has 0 atom stereocenters. The quantitative estimate of drug-likeness (QED) is 0.237. The molecule has 0 spiro atoms. The lowest BCUT2D eigenvalue weighted by atomic mass is 10.0. The lowest BCUT2D eigenvalue weighted by Crippen LogP contribution is -2.29. The Morgan fingerprint density at radius 1 is 1.03 bits per heavy atom. The Balaban J connectivity index is 1.38. The summed E-state index contributed by atoms with van der Waals surface area (Å²) in [6, 6.07) is 20.3. The van der Waals surface area contributed by atoms with E-state index in [-0.39, 0.29) is 5.91 Å². The van der Waals surface area contributed by atoms with Gasteiger partial charge in [-0.15, -0.1) is 34.0 Å². The highest BCUT2D eigenvalue weighted by atomic mass is 35.5. The van der Waals surface area contributed by atoms with Gasteiger partial charge < -0.3 is 5.32 Å². The van der Waals surface area contributed by atoms with Crippen molar-refractivity contribution >= 4 is 78.3 Å². The number of carbonyl (C=O) groups is 1. The molecule has 0 unspecified atom stereocenters. The van der Waals surface area contributed by atoms with E-state index in [1.54, 1.807) is 28.7 Å². The molecule has 0 saturated carbocycles. The van der Waals surface area contributed by atoms with Gasteiger partial charge in [0.15, 0.2) is 0 Å². The average Bonchev–Trinajstić information content (AvgIpc) is 3.53. The smallest absolute Gasteiger partial charge is 0.258 e. The summed E-state index contributed by atoms with van der Waals surface area (Å²) in [7, 11) is 0. The number of para-hydroxylation sites is 1. The summed E-state index contributed by atoms with van der Waals surface area (Å²) in [5, 5.41) is 4.89. The third kappa shape index (κ3) is 4.65. The normalized spacial score (nSPS) is 13.8. The molecule has 2 aromatic carbocycles. The third-order valence-electron chi connectivity index (χ3n) is 6.02. The fourth-order valence-electron chi connectivity index (χ4n) is 4.39. The van der Waals surface area contributed by atoms with Crippen LogP contribution < -0.4 is 5.32 Å². The van der Waals surface area contributed by atoms with Gasteiger partial charge in [0.2, 0.25) is 0 Å². The first kappa shape index (κ1) is 23.2. The van der Waals surface area contributed by atoms with Crippen LogP contribution in [-0.2, 0) is 19.5 Å². The Kier molecular flexibility index (Phi) is 6.39. The monoisotopic (exact) mass is 555 g/mol. The van der Waals surface area contributed by atoms with Crippen LogP contribution in [-0.4, -0.2) is 22.3 Å². The number of aromatic nitrogens is 1. The highest BCUT2D eigenvalue weighted by molar-refractivity contribution is 7.23. The standard InChI is InChI=1S/C26H19Cl2N3OS3/c27-21-12-17(23(28)35-21)24(32)30-26-22(25-29-18-8-4-5-9-19(18)33-25)16-10-11-31(14-20(16)34-26)13-15-6-2-1-3-7-15/h1-9,12H,10-11,13-14H2,(H,30,32). The zero-order valence-electron chi connectivity index (χ0n) is 18.4. The Morgan fingerprint density at radius 2 is 1.83 bits per heavy atom. The van der Waals surface area contributed by atoms with Crippen molar-refractivity contribution < 1.29 is 4.79 Å². The van der Waals surface area contributed by atoms with Gasteiger partial charge in [0.05, 0.1) is 20.1 Å². The highest BCUT2D eigenvalue weighted by Gasteiger charge is 2.28. The van der Waals surface area contributed by atoms with E-state index in [4.69, 9.17) is 28.2 Å². The molecular weight excluding hydrogens is 537 g/mol. The number of nitrogens with zero attached hydrogens (tertiary/aromatic N) is 2. The number of amides is 1. The van der Waals surface area contributed by atoms with E-state index < -0.39 is 0 Å². The van der Waals surface area contributed by atoms with Gasteiger partial charge in [0.1, 0.15) is 14.3 Å². The molecule has 0 radical (unpaired) electrons. The first-order chi connectivity index (χ1) is 17.0. The second-order valence-corrected chi connectivity index (χ2v) is 12.8. The summed E-state index contributed by atoms with van der Waals surface area (Å²) in [5.41, 5.74) is 4.99. The van der Waals surface area contributed by atoms with Gasteiger partial charge in [-0.1, -0.05) is 65.7 Å². The molecule has 1 aliphatic rings. The molecule has 4 nitrogen and oxygen atoms in total. The first-order valence-corrected chi connectivity index (χ1v) is 14.3. The number of rotatable bonds is 5. The maximum atomic E-state index is 13.2. The molecule has 0 fully saturated rings. The molecule has 0 saturated heterocycles. The van der Waals surface area contributed by atoms with Crippen molar-refractivity contribution in [2.75, 3.05) is 11.9 Å². The number of hydrogen-bond donors (Lipinski definition) is 1. The Morgan fingerprint density at radius 3 is 2.60 bits per heavy atom. The summed E-state index contributed by atoms with van der Waals surface area (Å²) in [5.74, 6) is -0.250. The van der Waals surface area contributed by atoms with Gasteiger partial charge in [-0.25, -0.2) is 4.98 Å². The van der Waals surface area contributed by atoms with E-state index in [1.807, 2.05) is 24.3 Å². The predicted molar refractivity (Wildman–Crippen MR) is 149 cm³/mol. The Bertz CT molecular complexity index is 1510. The fourth-order valence-corrected chi connectivity index (χ4v) is 8.25. The fraction of sp³-hybridized carbons (Fsp3) is 0.154. The molecule has 4 heterocycles. The molecule has 3 aromatic heterocycles. The summed E-state index contributed by atoms with van der Waals surface area (Å²) in [4.78, 5) is 21.8. The molecule has 0 aliphatic carbocycles. The number of halogens is 2. The number of fused-ring (bicyclic) bond motifs is 2. The van der Waals surface area contributed by atoms with E-state index in [9.17, 15) is 4.79 Å². The molecule has 176 valence electrons. The molecule has 1 amide bonds. The van der Waals surface area contributed by atoms with Crippen molar-refractivity contribution in [2.45, 2.75) is 19.5 Å². The number of benzene rings is 2. The minimum atomic E-state index is -0.250. The van der Waals surface area contributed by atoms with Crippen LogP contribution in [0.1, 0.15) is 26.4 Å². The van der Waals surface area contributed by atoms with Gasteiger partial charge in [0.25, 0.3) is 5.91 Å². The maximum Gasteiger partial charge on any atom is 0.258 e. The van der Waals surface area contributed by atoms with E-state index >= 15 is 0 Å². The number of nitrogens with one attached hydrogen (secondary N) is 1. The first-order valence-electron chi connectivity index (χ1n) is 11.1. The minimum absolute atomic E-state index is 0.250.